The second-order valence-corrected chi connectivity index (χ2v) is 6.55. The van der Waals surface area contributed by atoms with Crippen LogP contribution in [0.1, 0.15) is 58.8 Å². The lowest BCUT2D eigenvalue weighted by Gasteiger charge is -2.21. The zero-order valence-corrected chi connectivity index (χ0v) is 13.4. The molecule has 0 heterocycles. The van der Waals surface area contributed by atoms with Gasteiger partial charge in [-0.15, -0.1) is 0 Å². The Hall–Kier alpha value is -1.26. The van der Waals surface area contributed by atoms with Gasteiger partial charge in [0, 0.05) is 13.1 Å². The van der Waals surface area contributed by atoms with Crippen LogP contribution in [-0.2, 0) is 4.79 Å². The van der Waals surface area contributed by atoms with E-state index >= 15 is 0 Å². The first kappa shape index (κ1) is 17.8. The van der Waals surface area contributed by atoms with Crippen molar-refractivity contribution in [3.05, 3.63) is 0 Å². The summed E-state index contributed by atoms with van der Waals surface area (Å²) in [6.45, 7) is 5.48. The van der Waals surface area contributed by atoms with Crippen LogP contribution in [0.4, 0.5) is 4.79 Å². The molecule has 5 heteroatoms. The Morgan fingerprint density at radius 2 is 1.86 bits per heavy atom. The van der Waals surface area contributed by atoms with Crippen LogP contribution < -0.4 is 5.32 Å². The zero-order chi connectivity index (χ0) is 15.7. The second-order valence-electron chi connectivity index (χ2n) is 6.55. The van der Waals surface area contributed by atoms with Crippen molar-refractivity contribution in [3.8, 4) is 0 Å². The van der Waals surface area contributed by atoms with Crippen LogP contribution >= 0.6 is 0 Å². The minimum Gasteiger partial charge on any atom is -0.480 e. The molecule has 0 bridgehead atoms. The fraction of sp³-hybridized carbons (Fsp3) is 0.875. The first-order valence-corrected chi connectivity index (χ1v) is 8.23. The van der Waals surface area contributed by atoms with Crippen LogP contribution in [0.2, 0.25) is 0 Å². The first-order valence-electron chi connectivity index (χ1n) is 8.23. The molecule has 122 valence electrons. The predicted octanol–water partition coefficient (Wildman–Crippen LogP) is 3.10. The number of nitrogens with one attached hydrogen (secondary N) is 1. The molecule has 1 aliphatic carbocycles. The van der Waals surface area contributed by atoms with Crippen molar-refractivity contribution in [2.24, 2.45) is 11.8 Å². The molecule has 1 fully saturated rings. The molecule has 0 unspecified atom stereocenters. The van der Waals surface area contributed by atoms with E-state index in [1.807, 2.05) is 0 Å². The molecule has 1 aliphatic rings. The van der Waals surface area contributed by atoms with E-state index in [1.165, 1.54) is 24.2 Å². The molecule has 1 rings (SSSR count). The quantitative estimate of drug-likeness (QED) is 0.576. The molecule has 0 aromatic heterocycles. The molecule has 2 amide bonds. The molecule has 0 saturated heterocycles. The van der Waals surface area contributed by atoms with E-state index < -0.39 is 5.97 Å². The van der Waals surface area contributed by atoms with E-state index in [1.54, 1.807) is 0 Å². The summed E-state index contributed by atoms with van der Waals surface area (Å²) in [5.41, 5.74) is 0. The Kier molecular flexibility index (Phi) is 8.16. The zero-order valence-electron chi connectivity index (χ0n) is 13.4. The van der Waals surface area contributed by atoms with Gasteiger partial charge in [-0.2, -0.15) is 0 Å². The third-order valence-electron chi connectivity index (χ3n) is 3.77. The van der Waals surface area contributed by atoms with Crippen molar-refractivity contribution in [1.82, 2.24) is 10.2 Å². The van der Waals surface area contributed by atoms with Gasteiger partial charge >= 0.3 is 12.0 Å². The van der Waals surface area contributed by atoms with Crippen LogP contribution in [0.3, 0.4) is 0 Å². The highest BCUT2D eigenvalue weighted by Gasteiger charge is 2.27. The Balaban J connectivity index is 2.10. The Bertz CT molecular complexity index is 327. The van der Waals surface area contributed by atoms with Crippen LogP contribution in [0.25, 0.3) is 0 Å². The molecule has 0 aromatic carbocycles. The van der Waals surface area contributed by atoms with E-state index in [4.69, 9.17) is 5.11 Å². The highest BCUT2D eigenvalue weighted by Crippen LogP contribution is 2.29. The summed E-state index contributed by atoms with van der Waals surface area (Å²) >= 11 is 0. The van der Waals surface area contributed by atoms with Gasteiger partial charge in [0.2, 0.25) is 0 Å². The molecule has 1 saturated carbocycles. The smallest absolute Gasteiger partial charge is 0.323 e. The van der Waals surface area contributed by atoms with E-state index in [-0.39, 0.29) is 12.6 Å². The van der Waals surface area contributed by atoms with Gasteiger partial charge in [0.1, 0.15) is 6.54 Å². The van der Waals surface area contributed by atoms with Gasteiger partial charge in [0.05, 0.1) is 0 Å². The number of hydrogen-bond acceptors (Lipinski definition) is 2. The van der Waals surface area contributed by atoms with Gasteiger partial charge in [-0.05, 0) is 31.1 Å². The number of carbonyl (C=O) groups excluding carboxylic acids is 1. The van der Waals surface area contributed by atoms with Gasteiger partial charge in [0.25, 0.3) is 0 Å². The Morgan fingerprint density at radius 1 is 1.19 bits per heavy atom. The van der Waals surface area contributed by atoms with Crippen LogP contribution in [0.5, 0.6) is 0 Å². The maximum Gasteiger partial charge on any atom is 0.323 e. The molecular formula is C16H30N2O3. The highest BCUT2D eigenvalue weighted by atomic mass is 16.4. The lowest BCUT2D eigenvalue weighted by atomic mass is 10.0. The lowest BCUT2D eigenvalue weighted by Crippen LogP contribution is -2.44. The number of urea groups is 1. The maximum atomic E-state index is 12.0. The summed E-state index contributed by atoms with van der Waals surface area (Å²) in [4.78, 5) is 24.2. The van der Waals surface area contributed by atoms with E-state index in [2.05, 4.69) is 19.2 Å². The summed E-state index contributed by atoms with van der Waals surface area (Å²) in [6.07, 6.45) is 8.02. The Labute approximate surface area is 128 Å². The molecule has 0 radical (unpaired) electrons. The average Bonchev–Trinajstić information content (AvgIpc) is 3.19. The van der Waals surface area contributed by atoms with Gasteiger partial charge in [0.15, 0.2) is 0 Å². The van der Waals surface area contributed by atoms with Crippen LogP contribution in [0.15, 0.2) is 0 Å². The van der Waals surface area contributed by atoms with Crippen molar-refractivity contribution < 1.29 is 14.7 Å². The topological polar surface area (TPSA) is 69.6 Å². The number of carboxylic acid groups (broad SMARTS) is 1. The Morgan fingerprint density at radius 3 is 2.43 bits per heavy atom. The van der Waals surface area contributed by atoms with Gasteiger partial charge in [-0.1, -0.05) is 39.5 Å². The van der Waals surface area contributed by atoms with Gasteiger partial charge in [-0.25, -0.2) is 4.79 Å². The van der Waals surface area contributed by atoms with E-state index in [9.17, 15) is 9.59 Å². The SMILES string of the molecule is CC(C)CCCCCCNC(=O)N(CC(=O)O)CC1CC1. The maximum absolute atomic E-state index is 12.0. The fourth-order valence-corrected chi connectivity index (χ4v) is 2.33. The highest BCUT2D eigenvalue weighted by molar-refractivity contribution is 5.80. The number of carboxylic acids is 1. The summed E-state index contributed by atoms with van der Waals surface area (Å²) in [7, 11) is 0. The van der Waals surface area contributed by atoms with Crippen molar-refractivity contribution in [3.63, 3.8) is 0 Å². The monoisotopic (exact) mass is 298 g/mol. The van der Waals surface area contributed by atoms with Crippen molar-refractivity contribution in [2.45, 2.75) is 58.8 Å². The van der Waals surface area contributed by atoms with E-state index in [0.29, 0.717) is 19.0 Å². The number of unbranched alkanes of at least 4 members (excludes halogenated alkanes) is 3. The molecular weight excluding hydrogens is 268 g/mol. The summed E-state index contributed by atoms with van der Waals surface area (Å²) < 4.78 is 0. The van der Waals surface area contributed by atoms with E-state index in [0.717, 1.165) is 31.6 Å². The molecule has 0 spiro atoms. The minimum absolute atomic E-state index is 0.198. The molecule has 21 heavy (non-hydrogen) atoms. The van der Waals surface area contributed by atoms with Crippen LogP contribution in [0, 0.1) is 11.8 Å². The standard InChI is InChI=1S/C16H30N2O3/c1-13(2)7-5-3-4-6-10-17-16(21)18(12-15(19)20)11-14-8-9-14/h13-14H,3-12H2,1-2H3,(H,17,21)(H,19,20). The molecule has 5 nitrogen and oxygen atoms in total. The lowest BCUT2D eigenvalue weighted by molar-refractivity contribution is -0.137. The summed E-state index contributed by atoms with van der Waals surface area (Å²) in [5, 5.41) is 11.7. The molecule has 0 atom stereocenters. The number of rotatable bonds is 11. The summed E-state index contributed by atoms with van der Waals surface area (Å²) in [5.74, 6) is 0.322. The fourth-order valence-electron chi connectivity index (χ4n) is 2.33. The van der Waals surface area contributed by atoms with Crippen molar-refractivity contribution in [2.75, 3.05) is 19.6 Å². The van der Waals surface area contributed by atoms with Gasteiger partial charge in [-0.3, -0.25) is 4.79 Å². The molecule has 2 N–H and O–H groups in total. The van der Waals surface area contributed by atoms with Crippen molar-refractivity contribution in [1.29, 1.82) is 0 Å². The molecule has 0 aromatic rings. The third kappa shape index (κ3) is 9.32. The second kappa shape index (κ2) is 9.64. The number of carbonyl (C=O) groups is 2. The third-order valence-corrected chi connectivity index (χ3v) is 3.77. The first-order chi connectivity index (χ1) is 9.99. The van der Waals surface area contributed by atoms with Gasteiger partial charge < -0.3 is 15.3 Å². The number of nitrogens with zero attached hydrogens (tertiary/aromatic N) is 1. The van der Waals surface area contributed by atoms with Crippen molar-refractivity contribution >= 4 is 12.0 Å². The molecule has 0 aliphatic heterocycles. The number of amides is 2. The predicted molar refractivity (Wildman–Crippen MR) is 83.3 cm³/mol. The number of hydrogen-bond donors (Lipinski definition) is 2. The normalized spacial score (nSPS) is 14.2. The minimum atomic E-state index is -0.945. The average molecular weight is 298 g/mol. The summed E-state index contributed by atoms with van der Waals surface area (Å²) in [6, 6.07) is -0.230. The van der Waals surface area contributed by atoms with Crippen LogP contribution in [-0.4, -0.2) is 41.6 Å². The number of aliphatic carboxylic acids is 1. The largest absolute Gasteiger partial charge is 0.480 e.